The van der Waals surface area contributed by atoms with E-state index in [2.05, 4.69) is 314 Å². The first-order chi connectivity index (χ1) is 41.2. The number of para-hydroxylation sites is 6. The van der Waals surface area contributed by atoms with Crippen LogP contribution in [0.4, 0.5) is 17.1 Å². The molecule has 2 aliphatic carbocycles. The smallest absolute Gasteiger partial charge is 0.132 e. The minimum absolute atomic E-state index is 0.522. The molecule has 0 bridgehead atoms. The summed E-state index contributed by atoms with van der Waals surface area (Å²) in [5.41, 5.74) is 25.9. The quantitative estimate of drug-likeness (QED) is 0.159. The molecule has 0 aromatic heterocycles. The number of hydrogen-bond donors (Lipinski definition) is 0. The van der Waals surface area contributed by atoms with Gasteiger partial charge in [-0.15, -0.1) is 0 Å². The summed E-state index contributed by atoms with van der Waals surface area (Å²) in [5.74, 6) is 3.55. The fraction of sp³-hybridized carbons (Fsp3) is 0.0250. The van der Waals surface area contributed by atoms with Crippen LogP contribution in [0.3, 0.4) is 0 Å². The Morgan fingerprint density at radius 2 is 0.554 bits per heavy atom. The topological polar surface area (TPSA) is 21.7 Å². The molecule has 388 valence electrons. The average Bonchev–Trinajstić information content (AvgIpc) is 1.68. The van der Waals surface area contributed by atoms with Gasteiger partial charge in [0.15, 0.2) is 0 Å². The van der Waals surface area contributed by atoms with Crippen molar-refractivity contribution in [3.8, 4) is 89.8 Å². The van der Waals surface area contributed by atoms with E-state index in [4.69, 9.17) is 9.47 Å². The normalized spacial score (nSPS) is 13.7. The Labute approximate surface area is 483 Å². The van der Waals surface area contributed by atoms with Gasteiger partial charge in [0, 0.05) is 39.1 Å². The number of rotatable bonds is 7. The summed E-state index contributed by atoms with van der Waals surface area (Å²) in [6, 6.07) is 113. The minimum atomic E-state index is -0.601. The second kappa shape index (κ2) is 18.4. The molecule has 0 radical (unpaired) electrons. The first kappa shape index (κ1) is 47.1. The zero-order valence-electron chi connectivity index (χ0n) is 45.2. The van der Waals surface area contributed by atoms with E-state index in [0.29, 0.717) is 0 Å². The van der Waals surface area contributed by atoms with Gasteiger partial charge in [0.25, 0.3) is 0 Å². The highest BCUT2D eigenvalue weighted by atomic mass is 16.5. The maximum absolute atomic E-state index is 6.74. The maximum Gasteiger partial charge on any atom is 0.132 e. The largest absolute Gasteiger partial charge is 0.457 e. The van der Waals surface area contributed by atoms with Gasteiger partial charge < -0.3 is 14.4 Å². The van der Waals surface area contributed by atoms with Gasteiger partial charge in [-0.2, -0.15) is 0 Å². The van der Waals surface area contributed by atoms with Crippen molar-refractivity contribution < 1.29 is 9.47 Å². The van der Waals surface area contributed by atoms with Crippen LogP contribution < -0.4 is 14.4 Å². The number of hydrogen-bond acceptors (Lipinski definition) is 3. The van der Waals surface area contributed by atoms with E-state index >= 15 is 0 Å². The van der Waals surface area contributed by atoms with Crippen LogP contribution in [0.15, 0.2) is 309 Å². The van der Waals surface area contributed by atoms with Crippen LogP contribution in [0, 0.1) is 0 Å². The molecule has 0 unspecified atom stereocenters. The predicted molar refractivity (Wildman–Crippen MR) is 338 cm³/mol. The van der Waals surface area contributed by atoms with Crippen molar-refractivity contribution in [2.75, 3.05) is 4.90 Å². The number of benzene rings is 13. The monoisotopic (exact) mass is 1060 g/mol. The number of nitrogens with zero attached hydrogens (tertiary/aromatic N) is 1. The maximum atomic E-state index is 6.74. The highest BCUT2D eigenvalue weighted by molar-refractivity contribution is 5.97. The molecule has 83 heavy (non-hydrogen) atoms. The van der Waals surface area contributed by atoms with Crippen LogP contribution in [0.5, 0.6) is 23.0 Å². The molecule has 2 aliphatic heterocycles. The average molecular weight is 1060 g/mol. The van der Waals surface area contributed by atoms with Crippen molar-refractivity contribution in [1.29, 1.82) is 0 Å². The van der Waals surface area contributed by atoms with Gasteiger partial charge in [0.2, 0.25) is 0 Å². The van der Waals surface area contributed by atoms with E-state index in [1.807, 2.05) is 0 Å². The van der Waals surface area contributed by atoms with Crippen LogP contribution in [-0.4, -0.2) is 0 Å². The molecule has 2 spiro atoms. The summed E-state index contributed by atoms with van der Waals surface area (Å²) >= 11 is 0. The second-order valence-electron chi connectivity index (χ2n) is 22.2. The number of ether oxygens (including phenoxy) is 2. The third kappa shape index (κ3) is 6.86. The van der Waals surface area contributed by atoms with E-state index in [-0.39, 0.29) is 0 Å². The molecule has 0 amide bonds. The molecule has 0 saturated carbocycles. The van der Waals surface area contributed by atoms with Gasteiger partial charge in [-0.05, 0) is 139 Å². The van der Waals surface area contributed by atoms with E-state index in [0.717, 1.165) is 84.6 Å². The van der Waals surface area contributed by atoms with Crippen molar-refractivity contribution in [3.63, 3.8) is 0 Å². The highest BCUT2D eigenvalue weighted by Gasteiger charge is 2.52. The summed E-state index contributed by atoms with van der Waals surface area (Å²) in [7, 11) is 0. The van der Waals surface area contributed by atoms with E-state index in [9.17, 15) is 0 Å². The Morgan fingerprint density at radius 3 is 1.11 bits per heavy atom. The van der Waals surface area contributed by atoms with Crippen LogP contribution >= 0.6 is 0 Å². The van der Waals surface area contributed by atoms with Gasteiger partial charge >= 0.3 is 0 Å². The summed E-state index contributed by atoms with van der Waals surface area (Å²) in [5, 5.41) is 0. The lowest BCUT2D eigenvalue weighted by atomic mass is 9.66. The van der Waals surface area contributed by atoms with Gasteiger partial charge in [0.1, 0.15) is 23.0 Å². The van der Waals surface area contributed by atoms with Crippen molar-refractivity contribution >= 4 is 17.1 Å². The summed E-state index contributed by atoms with van der Waals surface area (Å²) in [4.78, 5) is 2.47. The molecule has 17 rings (SSSR count). The lowest BCUT2D eigenvalue weighted by Crippen LogP contribution is -2.32. The zero-order valence-corrected chi connectivity index (χ0v) is 45.2. The zero-order chi connectivity index (χ0) is 54.6. The minimum Gasteiger partial charge on any atom is -0.457 e. The van der Waals surface area contributed by atoms with Gasteiger partial charge in [-0.1, -0.05) is 249 Å². The molecule has 3 heteroatoms. The molecular formula is C80H51NO2. The summed E-state index contributed by atoms with van der Waals surface area (Å²) in [6.07, 6.45) is 0. The van der Waals surface area contributed by atoms with Crippen LogP contribution in [-0.2, 0) is 10.8 Å². The van der Waals surface area contributed by atoms with Crippen LogP contribution in [0.25, 0.3) is 66.8 Å². The summed E-state index contributed by atoms with van der Waals surface area (Å²) in [6.45, 7) is 0. The predicted octanol–water partition coefficient (Wildman–Crippen LogP) is 20.8. The molecule has 2 heterocycles. The molecular weight excluding hydrogens is 1010 g/mol. The van der Waals surface area contributed by atoms with Gasteiger partial charge in [-0.25, -0.2) is 0 Å². The van der Waals surface area contributed by atoms with E-state index in [1.165, 1.54) is 66.8 Å². The van der Waals surface area contributed by atoms with Crippen molar-refractivity contribution in [1.82, 2.24) is 0 Å². The SMILES string of the molecule is c1ccc(-c2ccc(-c3ccccc3N(c3ccc(-c4ccc5c(c4)-c4ccccc4C54c5ccccc5Oc5ccccc54)cc3)c3ccccc3-c3ccc4c(c3)C3(c5ccccc5Oc5ccccc53)c3ccccc3-4)cc2)cc1. The fourth-order valence-corrected chi connectivity index (χ4v) is 14.6. The van der Waals surface area contributed by atoms with Crippen molar-refractivity contribution in [2.24, 2.45) is 0 Å². The Bertz CT molecular complexity index is 4660. The Kier molecular flexibility index (Phi) is 10.4. The Morgan fingerprint density at radius 1 is 0.205 bits per heavy atom. The molecule has 4 aliphatic rings. The standard InChI is InChI=1S/C80H51NO2/c1-2-20-52(21-3-1)53-38-40-55(41-39-53)59-22-6-14-32-73(59)81(58-46-42-54(43-47-58)56-45-49-67-64(50-56)62-25-5-9-27-66(62)79(67)68-28-10-16-34-75(68)82-76-35-17-11-29-69(76)79)74-33-15-7-23-60(74)57-44-48-63-61-24-4-8-26-65(61)80(72(63)51-57)70-30-12-18-36-77(70)83-78-37-19-13-31-71(78)80/h1-51H. The van der Waals surface area contributed by atoms with Gasteiger partial charge in [0.05, 0.1) is 22.2 Å². The van der Waals surface area contributed by atoms with E-state index in [1.54, 1.807) is 0 Å². The highest BCUT2D eigenvalue weighted by Crippen LogP contribution is 2.64. The molecule has 0 fully saturated rings. The fourth-order valence-electron chi connectivity index (χ4n) is 14.6. The van der Waals surface area contributed by atoms with Crippen LogP contribution in [0.2, 0.25) is 0 Å². The number of anilines is 3. The van der Waals surface area contributed by atoms with Crippen LogP contribution in [0.1, 0.15) is 44.5 Å². The lowest BCUT2D eigenvalue weighted by molar-refractivity contribution is 0.436. The molecule has 3 nitrogen and oxygen atoms in total. The second-order valence-corrected chi connectivity index (χ2v) is 22.2. The molecule has 13 aromatic carbocycles. The molecule has 0 atom stereocenters. The Hall–Kier alpha value is -10.7. The number of fused-ring (bicyclic) bond motifs is 18. The molecule has 13 aromatic rings. The summed E-state index contributed by atoms with van der Waals surface area (Å²) < 4.78 is 13.4. The first-order valence-electron chi connectivity index (χ1n) is 28.6. The third-order valence-corrected chi connectivity index (χ3v) is 18.1. The molecule has 0 saturated heterocycles. The van der Waals surface area contributed by atoms with E-state index < -0.39 is 10.8 Å². The van der Waals surface area contributed by atoms with Gasteiger partial charge in [-0.3, -0.25) is 0 Å². The Balaban J connectivity index is 0.831. The lowest BCUT2D eigenvalue weighted by Gasteiger charge is -2.39. The van der Waals surface area contributed by atoms with Crippen molar-refractivity contribution in [3.05, 3.63) is 354 Å². The first-order valence-corrected chi connectivity index (χ1v) is 28.6. The third-order valence-electron chi connectivity index (χ3n) is 18.1. The van der Waals surface area contributed by atoms with Crippen molar-refractivity contribution in [2.45, 2.75) is 10.8 Å². The molecule has 0 N–H and O–H groups in total.